The van der Waals surface area contributed by atoms with Crippen LogP contribution in [0.25, 0.3) is 10.9 Å². The van der Waals surface area contributed by atoms with Gasteiger partial charge in [-0.15, -0.1) is 11.8 Å². The molecule has 3 rings (SSSR count). The van der Waals surface area contributed by atoms with Crippen LogP contribution in [0.15, 0.2) is 24.3 Å². The van der Waals surface area contributed by atoms with Crippen LogP contribution in [0.1, 0.15) is 32.0 Å². The number of nitrogen functional groups attached to an aromatic ring is 1. The maximum Gasteiger partial charge on any atom is 0.235 e. The number of fused-ring (bicyclic) bond motifs is 1. The quantitative estimate of drug-likeness (QED) is 0.933. The number of benzene rings is 1. The van der Waals surface area contributed by atoms with Crippen molar-refractivity contribution in [1.29, 1.82) is 0 Å². The first-order chi connectivity index (χ1) is 11.1. The smallest absolute Gasteiger partial charge is 0.235 e. The molecule has 1 aliphatic heterocycles. The van der Waals surface area contributed by atoms with Crippen LogP contribution in [0, 0.1) is 0 Å². The summed E-state index contributed by atoms with van der Waals surface area (Å²) in [5.41, 5.74) is 6.86. The van der Waals surface area contributed by atoms with Crippen LogP contribution >= 0.6 is 11.8 Å². The number of piperidine rings is 1. The van der Waals surface area contributed by atoms with E-state index in [0.717, 1.165) is 36.8 Å². The number of rotatable bonds is 4. The molecule has 2 N–H and O–H groups in total. The van der Waals surface area contributed by atoms with Crippen molar-refractivity contribution in [1.82, 2.24) is 14.9 Å². The first-order valence-electron chi connectivity index (χ1n) is 8.06. The second kappa shape index (κ2) is 7.17. The zero-order chi connectivity index (χ0) is 16.2. The Kier molecular flexibility index (Phi) is 5.00. The van der Waals surface area contributed by atoms with Crippen molar-refractivity contribution in [2.24, 2.45) is 0 Å². The van der Waals surface area contributed by atoms with E-state index in [1.807, 2.05) is 36.1 Å². The Morgan fingerprint density at radius 3 is 2.78 bits per heavy atom. The number of likely N-dealkylation sites (tertiary alicyclic amines) is 1. The van der Waals surface area contributed by atoms with Gasteiger partial charge in [0.05, 0.1) is 16.5 Å². The van der Waals surface area contributed by atoms with Crippen LogP contribution in [0.2, 0.25) is 0 Å². The maximum atomic E-state index is 12.4. The van der Waals surface area contributed by atoms with E-state index >= 15 is 0 Å². The first kappa shape index (κ1) is 16.1. The van der Waals surface area contributed by atoms with Gasteiger partial charge in [0, 0.05) is 18.5 Å². The lowest BCUT2D eigenvalue weighted by Crippen LogP contribution is -2.40. The van der Waals surface area contributed by atoms with Gasteiger partial charge in [0.15, 0.2) is 0 Å². The maximum absolute atomic E-state index is 12.4. The van der Waals surface area contributed by atoms with Crippen LogP contribution in [0.4, 0.5) is 5.82 Å². The van der Waals surface area contributed by atoms with E-state index in [4.69, 9.17) is 5.73 Å². The molecule has 0 radical (unpaired) electrons. The van der Waals surface area contributed by atoms with Gasteiger partial charge >= 0.3 is 0 Å². The number of para-hydroxylation sites is 1. The molecule has 6 heteroatoms. The van der Waals surface area contributed by atoms with Gasteiger partial charge in [-0.3, -0.25) is 4.79 Å². The number of amides is 1. The lowest BCUT2D eigenvalue weighted by molar-refractivity contribution is -0.131. The molecule has 0 saturated carbocycles. The lowest BCUT2D eigenvalue weighted by Gasteiger charge is -2.29. The average Bonchev–Trinajstić information content (AvgIpc) is 2.60. The number of nitrogens with zero attached hydrogens (tertiary/aromatic N) is 3. The van der Waals surface area contributed by atoms with Gasteiger partial charge in [-0.05, 0) is 38.3 Å². The molecule has 0 bridgehead atoms. The van der Waals surface area contributed by atoms with Gasteiger partial charge in [-0.25, -0.2) is 9.97 Å². The molecule has 1 atom stereocenters. The molecule has 1 fully saturated rings. The van der Waals surface area contributed by atoms with Gasteiger partial charge in [0.1, 0.15) is 11.6 Å². The van der Waals surface area contributed by atoms with Crippen molar-refractivity contribution in [2.45, 2.75) is 37.2 Å². The molecule has 1 aliphatic rings. The molecule has 2 aromatic rings. The van der Waals surface area contributed by atoms with E-state index in [0.29, 0.717) is 17.4 Å². The zero-order valence-electron chi connectivity index (χ0n) is 13.4. The van der Waals surface area contributed by atoms with Gasteiger partial charge in [0.25, 0.3) is 0 Å². The first-order valence-corrected chi connectivity index (χ1v) is 9.11. The molecule has 0 aliphatic carbocycles. The summed E-state index contributed by atoms with van der Waals surface area (Å²) in [4.78, 5) is 23.3. The number of hydrogen-bond acceptors (Lipinski definition) is 5. The monoisotopic (exact) mass is 330 g/mol. The Hall–Kier alpha value is -1.82. The normalized spacial score (nSPS) is 16.5. The molecule has 1 aromatic heterocycles. The Morgan fingerprint density at radius 1 is 1.26 bits per heavy atom. The number of aromatic nitrogens is 2. The predicted molar refractivity (Wildman–Crippen MR) is 95.1 cm³/mol. The molecule has 2 heterocycles. The predicted octanol–water partition coefficient (Wildman–Crippen LogP) is 2.85. The summed E-state index contributed by atoms with van der Waals surface area (Å²) in [7, 11) is 0. The highest BCUT2D eigenvalue weighted by Gasteiger charge is 2.22. The minimum absolute atomic E-state index is 0.0793. The van der Waals surface area contributed by atoms with Crippen LogP contribution < -0.4 is 5.73 Å². The van der Waals surface area contributed by atoms with Crippen LogP contribution in [0.3, 0.4) is 0 Å². The summed E-state index contributed by atoms with van der Waals surface area (Å²) in [6.45, 7) is 3.75. The minimum atomic E-state index is -0.0793. The summed E-state index contributed by atoms with van der Waals surface area (Å²) in [5.74, 6) is 2.00. The number of thioether (sulfide) groups is 1. The van der Waals surface area contributed by atoms with Crippen molar-refractivity contribution in [3.63, 3.8) is 0 Å². The summed E-state index contributed by atoms with van der Waals surface area (Å²) in [5, 5.41) is 0.795. The number of carbonyl (C=O) groups excluding carboxylic acids is 1. The second-order valence-corrected chi connectivity index (χ2v) is 7.21. The van der Waals surface area contributed by atoms with Crippen LogP contribution in [-0.2, 0) is 10.5 Å². The Bertz CT molecular complexity index is 700. The van der Waals surface area contributed by atoms with E-state index in [1.165, 1.54) is 6.42 Å². The van der Waals surface area contributed by atoms with E-state index in [2.05, 4.69) is 9.97 Å². The van der Waals surface area contributed by atoms with Crippen molar-refractivity contribution < 1.29 is 4.79 Å². The molecule has 1 amide bonds. The third-order valence-corrected chi connectivity index (χ3v) is 5.28. The van der Waals surface area contributed by atoms with Crippen LogP contribution in [0.5, 0.6) is 0 Å². The van der Waals surface area contributed by atoms with Crippen LogP contribution in [-0.4, -0.2) is 39.1 Å². The zero-order valence-corrected chi connectivity index (χ0v) is 14.2. The Morgan fingerprint density at radius 2 is 2.00 bits per heavy atom. The lowest BCUT2D eigenvalue weighted by atomic mass is 10.1. The van der Waals surface area contributed by atoms with Gasteiger partial charge in [-0.1, -0.05) is 12.1 Å². The standard InChI is InChI=1S/C17H22N4OS/c1-12(17(22)21-9-5-2-6-10-21)23-11-15-19-14-8-4-3-7-13(14)16(18)20-15/h3-4,7-8,12H,2,5-6,9-11H2,1H3,(H2,18,19,20). The van der Waals surface area contributed by atoms with Crippen molar-refractivity contribution in [2.75, 3.05) is 18.8 Å². The molecule has 5 nitrogen and oxygen atoms in total. The Labute approximate surface area is 140 Å². The number of carbonyl (C=O) groups is 1. The van der Waals surface area contributed by atoms with E-state index in [9.17, 15) is 4.79 Å². The molecule has 1 unspecified atom stereocenters. The molecule has 1 aromatic carbocycles. The minimum Gasteiger partial charge on any atom is -0.383 e. The van der Waals surface area contributed by atoms with E-state index in [1.54, 1.807) is 11.8 Å². The van der Waals surface area contributed by atoms with Crippen molar-refractivity contribution in [3.05, 3.63) is 30.1 Å². The Balaban J connectivity index is 1.64. The summed E-state index contributed by atoms with van der Waals surface area (Å²) in [6.07, 6.45) is 3.47. The second-order valence-electron chi connectivity index (χ2n) is 5.88. The highest BCUT2D eigenvalue weighted by molar-refractivity contribution is 7.99. The topological polar surface area (TPSA) is 72.1 Å². The molecule has 1 saturated heterocycles. The molecule has 0 spiro atoms. The van der Waals surface area contributed by atoms with Gasteiger partial charge in [0.2, 0.25) is 5.91 Å². The molecular formula is C17H22N4OS. The third-order valence-electron chi connectivity index (χ3n) is 4.16. The highest BCUT2D eigenvalue weighted by Crippen LogP contribution is 2.23. The molecule has 122 valence electrons. The van der Waals surface area contributed by atoms with Crippen molar-refractivity contribution in [3.8, 4) is 0 Å². The fraction of sp³-hybridized carbons (Fsp3) is 0.471. The fourth-order valence-electron chi connectivity index (χ4n) is 2.86. The van der Waals surface area contributed by atoms with E-state index in [-0.39, 0.29) is 11.2 Å². The van der Waals surface area contributed by atoms with Gasteiger partial charge < -0.3 is 10.6 Å². The highest BCUT2D eigenvalue weighted by atomic mass is 32.2. The number of nitrogens with two attached hydrogens (primary N) is 1. The third kappa shape index (κ3) is 3.75. The number of hydrogen-bond donors (Lipinski definition) is 1. The fourth-order valence-corrected chi connectivity index (χ4v) is 3.68. The van der Waals surface area contributed by atoms with Crippen molar-refractivity contribution >= 4 is 34.4 Å². The summed E-state index contributed by atoms with van der Waals surface area (Å²) < 4.78 is 0. The molecule has 23 heavy (non-hydrogen) atoms. The molecular weight excluding hydrogens is 308 g/mol. The number of anilines is 1. The summed E-state index contributed by atoms with van der Waals surface area (Å²) in [6, 6.07) is 7.72. The summed E-state index contributed by atoms with van der Waals surface area (Å²) >= 11 is 1.58. The largest absolute Gasteiger partial charge is 0.383 e. The average molecular weight is 330 g/mol. The van der Waals surface area contributed by atoms with E-state index < -0.39 is 0 Å². The van der Waals surface area contributed by atoms with Gasteiger partial charge in [-0.2, -0.15) is 0 Å². The SMILES string of the molecule is CC(SCc1nc(N)c2ccccc2n1)C(=O)N1CCCCC1.